The molecule has 3 N–H and O–H groups in total. The van der Waals surface area contributed by atoms with E-state index in [0.717, 1.165) is 24.3 Å². The molecular formula is C17H23FN2O2. The first-order valence-corrected chi connectivity index (χ1v) is 7.84. The van der Waals surface area contributed by atoms with Crippen molar-refractivity contribution in [3.8, 4) is 5.75 Å². The number of amides is 1. The molecular weight excluding hydrogens is 283 g/mol. The number of halogens is 1. The number of ether oxygens (including phenoxy) is 1. The Morgan fingerprint density at radius 3 is 3.05 bits per heavy atom. The van der Waals surface area contributed by atoms with Crippen molar-refractivity contribution < 1.29 is 13.9 Å². The van der Waals surface area contributed by atoms with Crippen LogP contribution in [0.1, 0.15) is 18.4 Å². The molecule has 1 saturated heterocycles. The van der Waals surface area contributed by atoms with E-state index in [4.69, 9.17) is 10.5 Å². The van der Waals surface area contributed by atoms with Crippen molar-refractivity contribution in [2.75, 3.05) is 20.2 Å². The summed E-state index contributed by atoms with van der Waals surface area (Å²) < 4.78 is 19.4. The van der Waals surface area contributed by atoms with E-state index in [-0.39, 0.29) is 17.7 Å². The monoisotopic (exact) mass is 306 g/mol. The molecule has 1 amide bonds. The van der Waals surface area contributed by atoms with Crippen molar-refractivity contribution >= 4 is 5.91 Å². The first-order chi connectivity index (χ1) is 10.6. The molecule has 1 saturated carbocycles. The zero-order chi connectivity index (χ0) is 15.7. The molecule has 0 bridgehead atoms. The van der Waals surface area contributed by atoms with Gasteiger partial charge in [0.2, 0.25) is 5.91 Å². The second-order valence-electron chi connectivity index (χ2n) is 6.53. The van der Waals surface area contributed by atoms with E-state index >= 15 is 0 Å². The van der Waals surface area contributed by atoms with Crippen LogP contribution in [-0.4, -0.2) is 32.3 Å². The maximum Gasteiger partial charge on any atom is 0.224 e. The summed E-state index contributed by atoms with van der Waals surface area (Å²) in [6.45, 7) is 1.20. The molecule has 1 heterocycles. The molecule has 120 valence electrons. The van der Waals surface area contributed by atoms with E-state index in [9.17, 15) is 9.18 Å². The molecule has 4 atom stereocenters. The Morgan fingerprint density at radius 2 is 2.36 bits per heavy atom. The average Bonchev–Trinajstić information content (AvgIpc) is 3.23. The number of rotatable bonds is 5. The van der Waals surface area contributed by atoms with Gasteiger partial charge in [-0.05, 0) is 55.3 Å². The zero-order valence-corrected chi connectivity index (χ0v) is 12.8. The second-order valence-corrected chi connectivity index (χ2v) is 6.53. The van der Waals surface area contributed by atoms with E-state index in [2.05, 4.69) is 5.32 Å². The molecule has 0 radical (unpaired) electrons. The van der Waals surface area contributed by atoms with Gasteiger partial charge in [-0.2, -0.15) is 0 Å². The Balaban J connectivity index is 1.78. The minimum Gasteiger partial charge on any atom is -0.497 e. The molecule has 1 aliphatic heterocycles. The smallest absolute Gasteiger partial charge is 0.224 e. The van der Waals surface area contributed by atoms with Crippen molar-refractivity contribution in [1.82, 2.24) is 5.32 Å². The normalized spacial score (nSPS) is 34.2. The third-order valence-electron chi connectivity index (χ3n) is 5.25. The number of hydrogen-bond acceptors (Lipinski definition) is 3. The number of hydrogen-bond donors (Lipinski definition) is 2. The van der Waals surface area contributed by atoms with Crippen molar-refractivity contribution in [2.45, 2.75) is 25.4 Å². The highest BCUT2D eigenvalue weighted by Gasteiger charge is 2.62. The summed E-state index contributed by atoms with van der Waals surface area (Å²) in [6.07, 6.45) is 1.16. The maximum atomic E-state index is 14.2. The number of benzene rings is 1. The molecule has 3 rings (SSSR count). The van der Waals surface area contributed by atoms with Crippen LogP contribution in [-0.2, 0) is 11.2 Å². The fourth-order valence-electron chi connectivity index (χ4n) is 3.91. The van der Waals surface area contributed by atoms with Gasteiger partial charge in [0.25, 0.3) is 0 Å². The highest BCUT2D eigenvalue weighted by molar-refractivity contribution is 5.84. The van der Waals surface area contributed by atoms with E-state index in [1.165, 1.54) is 0 Å². The molecule has 1 aliphatic carbocycles. The average molecular weight is 306 g/mol. The Bertz CT molecular complexity index is 565. The fourth-order valence-corrected chi connectivity index (χ4v) is 3.91. The third kappa shape index (κ3) is 2.70. The summed E-state index contributed by atoms with van der Waals surface area (Å²) in [7, 11) is 1.62. The van der Waals surface area contributed by atoms with Crippen molar-refractivity contribution in [2.24, 2.45) is 23.0 Å². The Labute approximate surface area is 130 Å². The van der Waals surface area contributed by atoms with Crippen molar-refractivity contribution in [3.05, 3.63) is 29.8 Å². The number of nitrogens with one attached hydrogen (secondary N) is 1. The standard InChI is InChI=1S/C17H23FN2O2/c1-22-12-4-2-3-11(7-12)8-17(16(19)21)9-14(17)13-5-6-20-10-15(13)18/h2-4,7,13-15,20H,5-6,8-10H2,1H3,(H2,19,21)/t13-,14?,15+,17?/m0/s1. The SMILES string of the molecule is COc1cccc(CC2(C(N)=O)CC2[C@@H]2CCNC[C@H]2F)c1. The van der Waals surface area contributed by atoms with Gasteiger partial charge in [0.05, 0.1) is 12.5 Å². The number of methoxy groups -OCH3 is 1. The van der Waals surface area contributed by atoms with Gasteiger partial charge in [-0.1, -0.05) is 12.1 Å². The van der Waals surface area contributed by atoms with Crippen molar-refractivity contribution in [3.63, 3.8) is 0 Å². The van der Waals surface area contributed by atoms with Crippen LogP contribution >= 0.6 is 0 Å². The fraction of sp³-hybridized carbons (Fsp3) is 0.588. The van der Waals surface area contributed by atoms with Gasteiger partial charge in [-0.3, -0.25) is 4.79 Å². The van der Waals surface area contributed by atoms with Crippen LogP contribution in [0.2, 0.25) is 0 Å². The van der Waals surface area contributed by atoms with Crippen LogP contribution < -0.4 is 15.8 Å². The number of carbonyl (C=O) groups is 1. The van der Waals surface area contributed by atoms with Crippen molar-refractivity contribution in [1.29, 1.82) is 0 Å². The highest BCUT2D eigenvalue weighted by Crippen LogP contribution is 2.60. The molecule has 2 unspecified atom stereocenters. The minimum atomic E-state index is -0.884. The summed E-state index contributed by atoms with van der Waals surface area (Å²) >= 11 is 0. The van der Waals surface area contributed by atoms with Gasteiger partial charge in [0.15, 0.2) is 0 Å². The van der Waals surface area contributed by atoms with E-state index in [1.807, 2.05) is 24.3 Å². The van der Waals surface area contributed by atoms with Gasteiger partial charge in [-0.15, -0.1) is 0 Å². The molecule has 0 spiro atoms. The minimum absolute atomic E-state index is 0.0562. The van der Waals surface area contributed by atoms with Crippen LogP contribution in [0.5, 0.6) is 5.75 Å². The summed E-state index contributed by atoms with van der Waals surface area (Å²) in [4.78, 5) is 12.1. The van der Waals surface area contributed by atoms with E-state index in [1.54, 1.807) is 7.11 Å². The van der Waals surface area contributed by atoms with Crippen LogP contribution in [0.15, 0.2) is 24.3 Å². The lowest BCUT2D eigenvalue weighted by Gasteiger charge is -2.28. The lowest BCUT2D eigenvalue weighted by molar-refractivity contribution is -0.124. The molecule has 5 heteroatoms. The molecule has 22 heavy (non-hydrogen) atoms. The van der Waals surface area contributed by atoms with Crippen LogP contribution in [0.25, 0.3) is 0 Å². The summed E-state index contributed by atoms with van der Waals surface area (Å²) in [5, 5.41) is 3.06. The highest BCUT2D eigenvalue weighted by atomic mass is 19.1. The van der Waals surface area contributed by atoms with E-state index < -0.39 is 11.6 Å². The number of alkyl halides is 1. The molecule has 2 aliphatic rings. The third-order valence-corrected chi connectivity index (χ3v) is 5.25. The van der Waals surface area contributed by atoms with Crippen LogP contribution in [0.4, 0.5) is 4.39 Å². The number of carbonyl (C=O) groups excluding carboxylic acids is 1. The number of piperidine rings is 1. The zero-order valence-electron chi connectivity index (χ0n) is 12.8. The predicted octanol–water partition coefficient (Wildman–Crippen LogP) is 1.68. The quantitative estimate of drug-likeness (QED) is 0.870. The van der Waals surface area contributed by atoms with Gasteiger partial charge >= 0.3 is 0 Å². The van der Waals surface area contributed by atoms with Crippen LogP contribution in [0, 0.1) is 17.3 Å². The number of primary amides is 1. The van der Waals surface area contributed by atoms with Gasteiger partial charge < -0.3 is 15.8 Å². The summed E-state index contributed by atoms with van der Waals surface area (Å²) in [5.41, 5.74) is 6.12. The first kappa shape index (κ1) is 15.3. The van der Waals surface area contributed by atoms with Gasteiger partial charge in [-0.25, -0.2) is 4.39 Å². The number of nitrogens with two attached hydrogens (primary N) is 1. The lowest BCUT2D eigenvalue weighted by atomic mass is 9.83. The predicted molar refractivity (Wildman–Crippen MR) is 82.3 cm³/mol. The Hall–Kier alpha value is -1.62. The Morgan fingerprint density at radius 1 is 1.55 bits per heavy atom. The van der Waals surface area contributed by atoms with Gasteiger partial charge in [0.1, 0.15) is 11.9 Å². The molecule has 1 aromatic carbocycles. The van der Waals surface area contributed by atoms with E-state index in [0.29, 0.717) is 19.4 Å². The molecule has 2 fully saturated rings. The molecule has 0 aromatic heterocycles. The maximum absolute atomic E-state index is 14.2. The molecule has 1 aromatic rings. The van der Waals surface area contributed by atoms with Gasteiger partial charge in [0, 0.05) is 6.54 Å². The summed E-state index contributed by atoms with van der Waals surface area (Å²) in [6, 6.07) is 7.67. The topological polar surface area (TPSA) is 64.3 Å². The Kier molecular flexibility index (Phi) is 4.08. The summed E-state index contributed by atoms with van der Waals surface area (Å²) in [5.74, 6) is 0.471. The lowest BCUT2D eigenvalue weighted by Crippen LogP contribution is -2.41. The molecule has 4 nitrogen and oxygen atoms in total. The largest absolute Gasteiger partial charge is 0.497 e. The van der Waals surface area contributed by atoms with Crippen LogP contribution in [0.3, 0.4) is 0 Å². The second kappa shape index (κ2) is 5.88. The first-order valence-electron chi connectivity index (χ1n) is 7.84.